The summed E-state index contributed by atoms with van der Waals surface area (Å²) >= 11 is 6.06. The Morgan fingerprint density at radius 1 is 1.28 bits per heavy atom. The van der Waals surface area contributed by atoms with Crippen LogP contribution >= 0.6 is 11.6 Å². The van der Waals surface area contributed by atoms with Crippen molar-refractivity contribution in [3.05, 3.63) is 58.6 Å². The molecule has 25 heavy (non-hydrogen) atoms. The van der Waals surface area contributed by atoms with Crippen LogP contribution in [0.25, 0.3) is 6.08 Å². The van der Waals surface area contributed by atoms with Crippen molar-refractivity contribution in [1.29, 1.82) is 5.26 Å². The number of carbonyl (C=O) groups excluding carboxylic acids is 1. The number of nitrogens with one attached hydrogen (secondary N) is 1. The van der Waals surface area contributed by atoms with Gasteiger partial charge in [-0.25, -0.2) is 0 Å². The van der Waals surface area contributed by atoms with Gasteiger partial charge in [0.05, 0.1) is 18.7 Å². The summed E-state index contributed by atoms with van der Waals surface area (Å²) in [4.78, 5) is 12.3. The third-order valence-electron chi connectivity index (χ3n) is 3.28. The number of rotatable bonds is 6. The number of hydrogen-bond acceptors (Lipinski definition) is 4. The first kappa shape index (κ1) is 18.4. The van der Waals surface area contributed by atoms with Gasteiger partial charge < -0.3 is 14.8 Å². The Labute approximate surface area is 151 Å². The number of amides is 1. The molecule has 0 aliphatic rings. The first-order valence-electron chi connectivity index (χ1n) is 7.57. The fraction of sp³-hybridized carbons (Fsp3) is 0.158. The zero-order chi connectivity index (χ0) is 18.2. The van der Waals surface area contributed by atoms with Crippen LogP contribution in [0.5, 0.6) is 11.5 Å². The van der Waals surface area contributed by atoms with Crippen molar-refractivity contribution >= 4 is 29.3 Å². The van der Waals surface area contributed by atoms with E-state index in [1.807, 2.05) is 13.0 Å². The zero-order valence-electron chi connectivity index (χ0n) is 13.9. The number of ether oxygens (including phenoxy) is 2. The fourth-order valence-corrected chi connectivity index (χ4v) is 2.35. The van der Waals surface area contributed by atoms with Gasteiger partial charge in [-0.2, -0.15) is 5.26 Å². The minimum atomic E-state index is -0.501. The molecule has 0 radical (unpaired) electrons. The van der Waals surface area contributed by atoms with Crippen LogP contribution in [-0.2, 0) is 4.79 Å². The Hall–Kier alpha value is -2.97. The van der Waals surface area contributed by atoms with Gasteiger partial charge in [0.25, 0.3) is 5.91 Å². The first-order chi connectivity index (χ1) is 12.1. The monoisotopic (exact) mass is 356 g/mol. The van der Waals surface area contributed by atoms with Crippen molar-refractivity contribution in [2.24, 2.45) is 0 Å². The smallest absolute Gasteiger partial charge is 0.266 e. The minimum absolute atomic E-state index is 0.0323. The zero-order valence-corrected chi connectivity index (χ0v) is 14.6. The van der Waals surface area contributed by atoms with E-state index in [0.29, 0.717) is 34.4 Å². The third-order valence-corrected chi connectivity index (χ3v) is 3.57. The number of nitrogens with zero attached hydrogens (tertiary/aromatic N) is 1. The molecule has 0 unspecified atom stereocenters. The number of anilines is 1. The molecule has 128 valence electrons. The molecule has 0 heterocycles. The summed E-state index contributed by atoms with van der Waals surface area (Å²) in [5.41, 5.74) is 1.17. The van der Waals surface area contributed by atoms with Crippen molar-refractivity contribution in [2.75, 3.05) is 19.0 Å². The normalized spacial score (nSPS) is 10.7. The van der Waals surface area contributed by atoms with Crippen LogP contribution < -0.4 is 14.8 Å². The Balaban J connectivity index is 2.15. The predicted molar refractivity (Wildman–Crippen MR) is 97.8 cm³/mol. The Morgan fingerprint density at radius 3 is 2.56 bits per heavy atom. The summed E-state index contributed by atoms with van der Waals surface area (Å²) in [6.07, 6.45) is 1.47. The van der Waals surface area contributed by atoms with Crippen molar-refractivity contribution in [3.63, 3.8) is 0 Å². The second-order valence-corrected chi connectivity index (χ2v) is 5.38. The van der Waals surface area contributed by atoms with Crippen LogP contribution in [0.1, 0.15) is 12.5 Å². The highest BCUT2D eigenvalue weighted by molar-refractivity contribution is 6.32. The number of carbonyl (C=O) groups is 1. The molecule has 5 nitrogen and oxygen atoms in total. The summed E-state index contributed by atoms with van der Waals surface area (Å²) in [5.74, 6) is 0.735. The van der Waals surface area contributed by atoms with Crippen LogP contribution in [0.3, 0.4) is 0 Å². The molecule has 0 fully saturated rings. The number of benzene rings is 2. The maximum Gasteiger partial charge on any atom is 0.266 e. The average Bonchev–Trinajstić information content (AvgIpc) is 2.61. The van der Waals surface area contributed by atoms with E-state index >= 15 is 0 Å². The van der Waals surface area contributed by atoms with Crippen molar-refractivity contribution in [2.45, 2.75) is 6.92 Å². The summed E-state index contributed by atoms with van der Waals surface area (Å²) in [6.45, 7) is 2.46. The summed E-state index contributed by atoms with van der Waals surface area (Å²) in [5, 5.41) is 12.3. The molecule has 0 aliphatic carbocycles. The quantitative estimate of drug-likeness (QED) is 0.619. The van der Waals surface area contributed by atoms with E-state index in [2.05, 4.69) is 5.32 Å². The topological polar surface area (TPSA) is 71.3 Å². The van der Waals surface area contributed by atoms with Gasteiger partial charge in [0.15, 0.2) is 0 Å². The summed E-state index contributed by atoms with van der Waals surface area (Å²) in [6, 6.07) is 13.8. The molecule has 2 aromatic carbocycles. The number of methoxy groups -OCH3 is 1. The molecule has 2 rings (SSSR count). The van der Waals surface area contributed by atoms with E-state index in [1.54, 1.807) is 42.5 Å². The van der Waals surface area contributed by atoms with Gasteiger partial charge in [-0.1, -0.05) is 17.7 Å². The Kier molecular flexibility index (Phi) is 6.44. The highest BCUT2D eigenvalue weighted by Gasteiger charge is 2.10. The molecule has 6 heteroatoms. The molecule has 0 aromatic heterocycles. The van der Waals surface area contributed by atoms with Gasteiger partial charge in [0.2, 0.25) is 0 Å². The number of nitriles is 1. The maximum atomic E-state index is 12.3. The minimum Gasteiger partial charge on any atom is -0.495 e. The molecule has 0 spiro atoms. The number of hydrogen-bond donors (Lipinski definition) is 1. The SMILES string of the molecule is CCOc1ccc(NC(=O)/C(C#N)=C/c2ccc(OC)c(Cl)c2)cc1. The summed E-state index contributed by atoms with van der Waals surface area (Å²) in [7, 11) is 1.52. The molecule has 1 amide bonds. The predicted octanol–water partition coefficient (Wildman–Crippen LogP) is 4.29. The van der Waals surface area contributed by atoms with Crippen molar-refractivity contribution in [3.8, 4) is 17.6 Å². The molecule has 0 atom stereocenters. The lowest BCUT2D eigenvalue weighted by Gasteiger charge is -2.07. The highest BCUT2D eigenvalue weighted by atomic mass is 35.5. The molecule has 0 aliphatic heterocycles. The molecule has 2 aromatic rings. The lowest BCUT2D eigenvalue weighted by molar-refractivity contribution is -0.112. The fourth-order valence-electron chi connectivity index (χ4n) is 2.09. The molecular weight excluding hydrogens is 340 g/mol. The van der Waals surface area contributed by atoms with E-state index in [-0.39, 0.29) is 5.57 Å². The largest absolute Gasteiger partial charge is 0.495 e. The van der Waals surface area contributed by atoms with E-state index in [0.717, 1.165) is 0 Å². The maximum absolute atomic E-state index is 12.3. The van der Waals surface area contributed by atoms with E-state index in [9.17, 15) is 10.1 Å². The molecule has 0 bridgehead atoms. The Morgan fingerprint density at radius 2 is 2.00 bits per heavy atom. The van der Waals surface area contributed by atoms with E-state index in [1.165, 1.54) is 13.2 Å². The Bertz CT molecular complexity index is 824. The van der Waals surface area contributed by atoms with Gasteiger partial charge >= 0.3 is 0 Å². The lowest BCUT2D eigenvalue weighted by Crippen LogP contribution is -2.13. The van der Waals surface area contributed by atoms with Crippen LogP contribution in [0.2, 0.25) is 5.02 Å². The van der Waals surface area contributed by atoms with Gasteiger partial charge in [-0.15, -0.1) is 0 Å². The molecular formula is C19H17ClN2O3. The highest BCUT2D eigenvalue weighted by Crippen LogP contribution is 2.26. The van der Waals surface area contributed by atoms with Crippen LogP contribution in [0, 0.1) is 11.3 Å². The molecule has 0 saturated carbocycles. The van der Waals surface area contributed by atoms with Gasteiger partial charge in [-0.3, -0.25) is 4.79 Å². The van der Waals surface area contributed by atoms with Gasteiger partial charge in [0.1, 0.15) is 23.1 Å². The van der Waals surface area contributed by atoms with Gasteiger partial charge in [0, 0.05) is 5.69 Å². The second-order valence-electron chi connectivity index (χ2n) is 4.98. The molecule has 0 saturated heterocycles. The third kappa shape index (κ3) is 5.00. The van der Waals surface area contributed by atoms with Crippen molar-refractivity contribution < 1.29 is 14.3 Å². The van der Waals surface area contributed by atoms with Crippen molar-refractivity contribution in [1.82, 2.24) is 0 Å². The van der Waals surface area contributed by atoms with Crippen LogP contribution in [-0.4, -0.2) is 19.6 Å². The number of halogens is 1. The van der Waals surface area contributed by atoms with Crippen LogP contribution in [0.15, 0.2) is 48.0 Å². The first-order valence-corrected chi connectivity index (χ1v) is 7.94. The average molecular weight is 357 g/mol. The standard InChI is InChI=1S/C19H17ClN2O3/c1-3-25-16-7-5-15(6-8-16)22-19(23)14(12-21)10-13-4-9-18(24-2)17(20)11-13/h4-11H,3H2,1-2H3,(H,22,23)/b14-10+. The van der Waals surface area contributed by atoms with Crippen LogP contribution in [0.4, 0.5) is 5.69 Å². The molecule has 1 N–H and O–H groups in total. The van der Waals surface area contributed by atoms with Gasteiger partial charge in [-0.05, 0) is 55.0 Å². The van der Waals surface area contributed by atoms with E-state index < -0.39 is 5.91 Å². The second kappa shape index (κ2) is 8.76. The summed E-state index contributed by atoms with van der Waals surface area (Å²) < 4.78 is 10.4. The van der Waals surface area contributed by atoms with E-state index in [4.69, 9.17) is 21.1 Å². The lowest BCUT2D eigenvalue weighted by atomic mass is 10.1.